The molecule has 38 heavy (non-hydrogen) atoms. The topological polar surface area (TPSA) is 89.9 Å². The SMILES string of the molecule is CN1CCN(Cc2ccc3nc(-c4c(O)[nH]c5cc(/C=N/OCc6ccccn6)ccc45)ccc3c2)CC1. The van der Waals surface area contributed by atoms with Crippen LogP contribution in [0.3, 0.4) is 0 Å². The standard InChI is InChI=1S/C30H30N6O2/c1-35-12-14-36(15-13-35)19-22-6-9-26-23(16-22)7-10-27(33-26)29-25-8-5-21(17-28(25)34-30(29)37)18-32-38-20-24-4-2-3-11-31-24/h2-11,16-18,34,37H,12-15,19-20H2,1H3/b32-18+. The third-order valence-electron chi connectivity index (χ3n) is 7.03. The molecule has 1 aliphatic heterocycles. The highest BCUT2D eigenvalue weighted by molar-refractivity contribution is 6.01. The minimum Gasteiger partial charge on any atom is -0.494 e. The molecule has 0 bridgehead atoms. The molecule has 0 saturated carbocycles. The number of nitrogens with zero attached hydrogens (tertiary/aromatic N) is 5. The maximum absolute atomic E-state index is 10.8. The first-order valence-electron chi connectivity index (χ1n) is 12.8. The molecule has 8 heteroatoms. The Bertz CT molecular complexity index is 1590. The normalized spacial score (nSPS) is 15.1. The van der Waals surface area contributed by atoms with Crippen LogP contribution in [0, 0.1) is 0 Å². The predicted molar refractivity (Wildman–Crippen MR) is 150 cm³/mol. The lowest BCUT2D eigenvalue weighted by Gasteiger charge is -2.32. The molecule has 0 atom stereocenters. The van der Waals surface area contributed by atoms with E-state index in [-0.39, 0.29) is 5.88 Å². The Labute approximate surface area is 221 Å². The molecule has 1 aliphatic rings. The van der Waals surface area contributed by atoms with Gasteiger partial charge in [-0.15, -0.1) is 0 Å². The fraction of sp³-hybridized carbons (Fsp3) is 0.233. The van der Waals surface area contributed by atoms with Crippen LogP contribution in [0.1, 0.15) is 16.8 Å². The van der Waals surface area contributed by atoms with Crippen LogP contribution in [0.5, 0.6) is 5.88 Å². The van der Waals surface area contributed by atoms with Crippen molar-refractivity contribution in [2.75, 3.05) is 33.2 Å². The van der Waals surface area contributed by atoms with Gasteiger partial charge >= 0.3 is 0 Å². The maximum atomic E-state index is 10.8. The number of aromatic hydroxyl groups is 1. The van der Waals surface area contributed by atoms with Crippen LogP contribution in [0.2, 0.25) is 0 Å². The number of benzene rings is 2. The first-order chi connectivity index (χ1) is 18.6. The van der Waals surface area contributed by atoms with Crippen molar-refractivity contribution in [3.05, 3.63) is 89.7 Å². The number of hydrogen-bond acceptors (Lipinski definition) is 7. The second kappa shape index (κ2) is 10.6. The zero-order chi connectivity index (χ0) is 25.9. The van der Waals surface area contributed by atoms with Crippen LogP contribution < -0.4 is 0 Å². The van der Waals surface area contributed by atoms with Crippen LogP contribution in [-0.2, 0) is 18.0 Å². The van der Waals surface area contributed by atoms with Gasteiger partial charge in [-0.05, 0) is 54.6 Å². The Morgan fingerprint density at radius 3 is 2.76 bits per heavy atom. The summed E-state index contributed by atoms with van der Waals surface area (Å²) in [4.78, 5) is 22.4. The summed E-state index contributed by atoms with van der Waals surface area (Å²) in [6.45, 7) is 5.67. The van der Waals surface area contributed by atoms with Gasteiger partial charge in [0, 0.05) is 55.2 Å². The molecule has 192 valence electrons. The van der Waals surface area contributed by atoms with Gasteiger partial charge in [-0.1, -0.05) is 35.5 Å². The quantitative estimate of drug-likeness (QED) is 0.244. The van der Waals surface area contributed by atoms with Gasteiger partial charge in [0.15, 0.2) is 12.5 Å². The molecule has 4 heterocycles. The lowest BCUT2D eigenvalue weighted by Crippen LogP contribution is -2.43. The highest BCUT2D eigenvalue weighted by Gasteiger charge is 2.16. The van der Waals surface area contributed by atoms with Gasteiger partial charge in [0.05, 0.1) is 28.7 Å². The molecule has 3 aromatic heterocycles. The van der Waals surface area contributed by atoms with Gasteiger partial charge in [-0.2, -0.15) is 0 Å². The van der Waals surface area contributed by atoms with Crippen molar-refractivity contribution in [2.24, 2.45) is 5.16 Å². The number of hydrogen-bond donors (Lipinski definition) is 2. The lowest BCUT2D eigenvalue weighted by atomic mass is 10.1. The van der Waals surface area contributed by atoms with E-state index in [2.05, 4.69) is 56.2 Å². The average Bonchev–Trinajstić information content (AvgIpc) is 3.27. The number of rotatable bonds is 7. The monoisotopic (exact) mass is 506 g/mol. The highest BCUT2D eigenvalue weighted by Crippen LogP contribution is 2.36. The third-order valence-corrected chi connectivity index (χ3v) is 7.03. The van der Waals surface area contributed by atoms with Crippen LogP contribution in [0.15, 0.2) is 78.1 Å². The van der Waals surface area contributed by atoms with E-state index in [1.165, 1.54) is 5.56 Å². The predicted octanol–water partition coefficient (Wildman–Crippen LogP) is 4.78. The van der Waals surface area contributed by atoms with E-state index in [1.807, 2.05) is 42.5 Å². The molecule has 8 nitrogen and oxygen atoms in total. The summed E-state index contributed by atoms with van der Waals surface area (Å²) in [5.41, 5.74) is 6.10. The summed E-state index contributed by atoms with van der Waals surface area (Å²) in [5.74, 6) is 0.0963. The zero-order valence-corrected chi connectivity index (χ0v) is 21.3. The van der Waals surface area contributed by atoms with Gasteiger partial charge in [-0.3, -0.25) is 9.88 Å². The number of piperazine rings is 1. The molecule has 0 aliphatic carbocycles. The molecule has 5 aromatic rings. The number of aromatic amines is 1. The van der Waals surface area contributed by atoms with Crippen LogP contribution >= 0.6 is 0 Å². The number of aromatic nitrogens is 3. The number of nitrogens with one attached hydrogen (secondary N) is 1. The minimum absolute atomic E-state index is 0.0963. The van der Waals surface area contributed by atoms with Crippen molar-refractivity contribution < 1.29 is 9.94 Å². The summed E-state index contributed by atoms with van der Waals surface area (Å²) in [5, 5.41) is 16.8. The second-order valence-corrected chi connectivity index (χ2v) is 9.79. The van der Waals surface area contributed by atoms with Crippen molar-refractivity contribution in [1.29, 1.82) is 0 Å². The second-order valence-electron chi connectivity index (χ2n) is 9.79. The number of fused-ring (bicyclic) bond motifs is 2. The van der Waals surface area contributed by atoms with Gasteiger partial charge in [0.1, 0.15) is 0 Å². The van der Waals surface area contributed by atoms with Gasteiger partial charge < -0.3 is 19.8 Å². The molecule has 2 N–H and O–H groups in total. The zero-order valence-electron chi connectivity index (χ0n) is 21.3. The summed E-state index contributed by atoms with van der Waals surface area (Å²) < 4.78 is 0. The van der Waals surface area contributed by atoms with E-state index in [0.717, 1.165) is 71.5 Å². The molecule has 0 amide bonds. The third kappa shape index (κ3) is 5.22. The molecular formula is C30H30N6O2. The highest BCUT2D eigenvalue weighted by atomic mass is 16.6. The van der Waals surface area contributed by atoms with E-state index < -0.39 is 0 Å². The molecule has 0 radical (unpaired) electrons. The molecule has 2 aromatic carbocycles. The van der Waals surface area contributed by atoms with Crippen molar-refractivity contribution in [3.8, 4) is 17.1 Å². The summed E-state index contributed by atoms with van der Waals surface area (Å²) in [7, 11) is 2.18. The van der Waals surface area contributed by atoms with Crippen molar-refractivity contribution >= 4 is 28.0 Å². The van der Waals surface area contributed by atoms with E-state index in [1.54, 1.807) is 12.4 Å². The largest absolute Gasteiger partial charge is 0.494 e. The van der Waals surface area contributed by atoms with Gasteiger partial charge in [-0.25, -0.2) is 4.98 Å². The van der Waals surface area contributed by atoms with Crippen LogP contribution in [0.25, 0.3) is 33.1 Å². The van der Waals surface area contributed by atoms with E-state index >= 15 is 0 Å². The maximum Gasteiger partial charge on any atom is 0.199 e. The molecule has 1 fully saturated rings. The minimum atomic E-state index is 0.0963. The van der Waals surface area contributed by atoms with E-state index in [9.17, 15) is 5.11 Å². The summed E-state index contributed by atoms with van der Waals surface area (Å²) >= 11 is 0. The molecule has 0 spiro atoms. The Morgan fingerprint density at radius 2 is 1.92 bits per heavy atom. The van der Waals surface area contributed by atoms with Crippen molar-refractivity contribution in [1.82, 2.24) is 24.8 Å². The first-order valence-corrected chi connectivity index (χ1v) is 12.8. The van der Waals surface area contributed by atoms with Crippen LogP contribution in [-0.4, -0.2) is 69.3 Å². The molecule has 6 rings (SSSR count). The van der Waals surface area contributed by atoms with E-state index in [4.69, 9.17) is 9.82 Å². The molecular weight excluding hydrogens is 476 g/mol. The first kappa shape index (κ1) is 24.1. The van der Waals surface area contributed by atoms with Gasteiger partial charge in [0.25, 0.3) is 0 Å². The van der Waals surface area contributed by atoms with E-state index in [0.29, 0.717) is 12.2 Å². The fourth-order valence-corrected chi connectivity index (χ4v) is 4.90. The number of H-pyrrole nitrogens is 1. The fourth-order valence-electron chi connectivity index (χ4n) is 4.90. The number of oxime groups is 1. The van der Waals surface area contributed by atoms with Crippen molar-refractivity contribution in [3.63, 3.8) is 0 Å². The summed E-state index contributed by atoms with van der Waals surface area (Å²) in [6.07, 6.45) is 3.37. The molecule has 0 unspecified atom stereocenters. The van der Waals surface area contributed by atoms with Crippen molar-refractivity contribution in [2.45, 2.75) is 13.2 Å². The Morgan fingerprint density at radius 1 is 1.03 bits per heavy atom. The number of likely N-dealkylation sites (N-methyl/N-ethyl adjacent to an activating group) is 1. The lowest BCUT2D eigenvalue weighted by molar-refractivity contribution is 0.129. The smallest absolute Gasteiger partial charge is 0.199 e. The molecule has 1 saturated heterocycles. The average molecular weight is 507 g/mol. The Balaban J connectivity index is 1.19. The number of pyridine rings is 2. The van der Waals surface area contributed by atoms with Gasteiger partial charge in [0.2, 0.25) is 0 Å². The summed E-state index contributed by atoms with van der Waals surface area (Å²) in [6, 6.07) is 22.0. The van der Waals surface area contributed by atoms with Crippen LogP contribution in [0.4, 0.5) is 0 Å². The Kier molecular flexibility index (Phi) is 6.73. The Hall–Kier alpha value is -4.27.